The Morgan fingerprint density at radius 3 is 2.50 bits per heavy atom. The van der Waals surface area contributed by atoms with Crippen LogP contribution in [-0.2, 0) is 5.54 Å². The van der Waals surface area contributed by atoms with Crippen molar-refractivity contribution >= 4 is 27.5 Å². The minimum Gasteiger partial charge on any atom is -0.321 e. The Balaban J connectivity index is 2.44. The van der Waals surface area contributed by atoms with Crippen molar-refractivity contribution < 1.29 is 0 Å². The molecule has 0 aliphatic heterocycles. The second-order valence-electron chi connectivity index (χ2n) is 3.31. The Hall–Kier alpha value is -0.0500. The fraction of sp³-hybridized carbons (Fsp3) is 0.333. The molecule has 1 aromatic carbocycles. The molecule has 0 spiro atoms. The van der Waals surface area contributed by atoms with Gasteiger partial charge in [-0.3, -0.25) is 0 Å². The highest BCUT2D eigenvalue weighted by atomic mass is 79.9. The molecule has 0 radical (unpaired) electrons. The normalized spacial score (nSPS) is 19.2. The van der Waals surface area contributed by atoms with Crippen molar-refractivity contribution in [2.75, 3.05) is 0 Å². The van der Waals surface area contributed by atoms with E-state index in [1.165, 1.54) is 0 Å². The summed E-state index contributed by atoms with van der Waals surface area (Å²) in [6, 6.07) is 5.86. The molecule has 1 aromatic rings. The first kappa shape index (κ1) is 8.54. The molecule has 0 saturated heterocycles. The zero-order valence-electron chi connectivity index (χ0n) is 6.48. The molecule has 2 N–H and O–H groups in total. The van der Waals surface area contributed by atoms with Crippen molar-refractivity contribution in [2.24, 2.45) is 5.73 Å². The predicted octanol–water partition coefficient (Wildman–Crippen LogP) is 3.05. The van der Waals surface area contributed by atoms with E-state index >= 15 is 0 Å². The van der Waals surface area contributed by atoms with E-state index in [0.717, 1.165) is 27.9 Å². The first-order chi connectivity index (χ1) is 5.60. The van der Waals surface area contributed by atoms with Gasteiger partial charge in [0.2, 0.25) is 0 Å². The quantitative estimate of drug-likeness (QED) is 0.810. The standard InChI is InChI=1S/C9H9BrClN/c10-7-3-6(4-8(11)5-7)9(12)1-2-9/h3-5H,1-2,12H2. The molecule has 1 nitrogen and oxygen atoms in total. The lowest BCUT2D eigenvalue weighted by molar-refractivity contribution is 0.739. The lowest BCUT2D eigenvalue weighted by Gasteiger charge is -2.09. The van der Waals surface area contributed by atoms with Crippen molar-refractivity contribution in [1.29, 1.82) is 0 Å². The molecule has 0 atom stereocenters. The fourth-order valence-electron chi connectivity index (χ4n) is 1.26. The summed E-state index contributed by atoms with van der Waals surface area (Å²) in [7, 11) is 0. The Bertz CT molecular complexity index is 300. The van der Waals surface area contributed by atoms with Crippen LogP contribution >= 0.6 is 27.5 Å². The maximum Gasteiger partial charge on any atom is 0.0420 e. The van der Waals surface area contributed by atoms with Gasteiger partial charge in [0.1, 0.15) is 0 Å². The maximum atomic E-state index is 6.03. The molecule has 2 rings (SSSR count). The third-order valence-corrected chi connectivity index (χ3v) is 2.90. The summed E-state index contributed by atoms with van der Waals surface area (Å²) in [6.45, 7) is 0. The second kappa shape index (κ2) is 2.72. The Labute approximate surface area is 85.0 Å². The summed E-state index contributed by atoms with van der Waals surface area (Å²) in [5.74, 6) is 0. The van der Waals surface area contributed by atoms with Gasteiger partial charge in [-0.05, 0) is 36.6 Å². The van der Waals surface area contributed by atoms with Crippen molar-refractivity contribution in [3.05, 3.63) is 33.3 Å². The second-order valence-corrected chi connectivity index (χ2v) is 4.67. The van der Waals surface area contributed by atoms with Gasteiger partial charge in [-0.25, -0.2) is 0 Å². The SMILES string of the molecule is NC1(c2cc(Cl)cc(Br)c2)CC1. The van der Waals surface area contributed by atoms with Gasteiger partial charge in [0.15, 0.2) is 0 Å². The average Bonchev–Trinajstić information content (AvgIpc) is 2.67. The van der Waals surface area contributed by atoms with Crippen LogP contribution in [0.15, 0.2) is 22.7 Å². The van der Waals surface area contributed by atoms with Gasteiger partial charge in [-0.2, -0.15) is 0 Å². The first-order valence-electron chi connectivity index (χ1n) is 3.86. The number of rotatable bonds is 1. The number of benzene rings is 1. The predicted molar refractivity (Wildman–Crippen MR) is 54.3 cm³/mol. The van der Waals surface area contributed by atoms with Gasteiger partial charge >= 0.3 is 0 Å². The Morgan fingerprint density at radius 1 is 1.33 bits per heavy atom. The molecule has 0 heterocycles. The Morgan fingerprint density at radius 2 is 2.00 bits per heavy atom. The highest BCUT2D eigenvalue weighted by Gasteiger charge is 2.40. The van der Waals surface area contributed by atoms with Crippen molar-refractivity contribution in [1.82, 2.24) is 0 Å². The number of halogens is 2. The molecular weight excluding hydrogens is 237 g/mol. The van der Waals surface area contributed by atoms with Crippen molar-refractivity contribution in [2.45, 2.75) is 18.4 Å². The summed E-state index contributed by atoms with van der Waals surface area (Å²) in [5.41, 5.74) is 7.08. The van der Waals surface area contributed by atoms with E-state index < -0.39 is 0 Å². The van der Waals surface area contributed by atoms with E-state index in [1.54, 1.807) is 0 Å². The Kier molecular flexibility index (Phi) is 1.94. The monoisotopic (exact) mass is 245 g/mol. The van der Waals surface area contributed by atoms with Crippen LogP contribution in [0.2, 0.25) is 5.02 Å². The molecule has 0 bridgehead atoms. The zero-order chi connectivity index (χ0) is 8.77. The topological polar surface area (TPSA) is 26.0 Å². The van der Waals surface area contributed by atoms with Gasteiger partial charge in [-0.15, -0.1) is 0 Å². The van der Waals surface area contributed by atoms with Crippen LogP contribution in [0.3, 0.4) is 0 Å². The van der Waals surface area contributed by atoms with Gasteiger partial charge in [0, 0.05) is 15.0 Å². The molecule has 1 aliphatic carbocycles. The summed E-state index contributed by atoms with van der Waals surface area (Å²) in [5, 5.41) is 0.746. The molecule has 64 valence electrons. The number of hydrogen-bond acceptors (Lipinski definition) is 1. The van der Waals surface area contributed by atoms with Gasteiger partial charge in [0.25, 0.3) is 0 Å². The van der Waals surface area contributed by atoms with Crippen LogP contribution in [0.4, 0.5) is 0 Å². The molecule has 0 amide bonds. The maximum absolute atomic E-state index is 6.03. The van der Waals surface area contributed by atoms with Gasteiger partial charge in [-0.1, -0.05) is 27.5 Å². The highest BCUT2D eigenvalue weighted by molar-refractivity contribution is 9.10. The zero-order valence-corrected chi connectivity index (χ0v) is 8.82. The van der Waals surface area contributed by atoms with Crippen LogP contribution in [0.5, 0.6) is 0 Å². The van der Waals surface area contributed by atoms with Crippen molar-refractivity contribution in [3.63, 3.8) is 0 Å². The molecule has 0 unspecified atom stereocenters. The summed E-state index contributed by atoms with van der Waals surface area (Å²) in [4.78, 5) is 0. The largest absolute Gasteiger partial charge is 0.321 e. The van der Waals surface area contributed by atoms with Crippen LogP contribution in [0.1, 0.15) is 18.4 Å². The van der Waals surface area contributed by atoms with Crippen LogP contribution in [-0.4, -0.2) is 0 Å². The van der Waals surface area contributed by atoms with Crippen LogP contribution in [0, 0.1) is 0 Å². The summed E-state index contributed by atoms with van der Waals surface area (Å²) < 4.78 is 1.00. The summed E-state index contributed by atoms with van der Waals surface area (Å²) >= 11 is 9.29. The first-order valence-corrected chi connectivity index (χ1v) is 5.03. The third kappa shape index (κ3) is 1.51. The molecule has 12 heavy (non-hydrogen) atoms. The lowest BCUT2D eigenvalue weighted by Crippen LogP contribution is -2.18. The smallest absolute Gasteiger partial charge is 0.0420 e. The fourth-order valence-corrected chi connectivity index (χ4v) is 2.12. The minimum absolute atomic E-state index is 0.0899. The summed E-state index contributed by atoms with van der Waals surface area (Å²) in [6.07, 6.45) is 2.14. The molecule has 1 saturated carbocycles. The lowest BCUT2D eigenvalue weighted by atomic mass is 10.1. The minimum atomic E-state index is -0.0899. The molecule has 1 fully saturated rings. The van der Waals surface area contributed by atoms with Crippen molar-refractivity contribution in [3.8, 4) is 0 Å². The van der Waals surface area contributed by atoms with Gasteiger partial charge < -0.3 is 5.73 Å². The van der Waals surface area contributed by atoms with E-state index in [4.69, 9.17) is 17.3 Å². The van der Waals surface area contributed by atoms with Gasteiger partial charge in [0.05, 0.1) is 0 Å². The van der Waals surface area contributed by atoms with E-state index in [1.807, 2.05) is 18.2 Å². The molecule has 0 aromatic heterocycles. The third-order valence-electron chi connectivity index (χ3n) is 2.23. The highest BCUT2D eigenvalue weighted by Crippen LogP contribution is 2.43. The van der Waals surface area contributed by atoms with E-state index in [9.17, 15) is 0 Å². The van der Waals surface area contributed by atoms with E-state index in [2.05, 4.69) is 15.9 Å². The van der Waals surface area contributed by atoms with Crippen LogP contribution in [0.25, 0.3) is 0 Å². The number of hydrogen-bond donors (Lipinski definition) is 1. The number of nitrogens with two attached hydrogens (primary N) is 1. The van der Waals surface area contributed by atoms with E-state index in [-0.39, 0.29) is 5.54 Å². The molecule has 1 aliphatic rings. The van der Waals surface area contributed by atoms with E-state index in [0.29, 0.717) is 0 Å². The van der Waals surface area contributed by atoms with Crippen LogP contribution < -0.4 is 5.73 Å². The molecular formula is C9H9BrClN. The average molecular weight is 247 g/mol. The molecule has 3 heteroatoms.